The topological polar surface area (TPSA) is 80.0 Å². The second-order valence-corrected chi connectivity index (χ2v) is 9.60. The fourth-order valence-corrected chi connectivity index (χ4v) is 6.60. The number of halogens is 2. The molecule has 0 unspecified atom stereocenters. The highest BCUT2D eigenvalue weighted by molar-refractivity contribution is 7.09. The summed E-state index contributed by atoms with van der Waals surface area (Å²) in [4.78, 5) is 16.9. The zero-order valence-electron chi connectivity index (χ0n) is 16.2. The standard InChI is InChI=1S/C21H26N4OS.2ClH/c22-11-19-23-18(12-27-19)20(26)24-16-3-1-2-4-17(16)25-21-8-13-5-14(9-21)7-15(6-13)10-21;;/h1-4,12-15,25H,5-11,22H2,(H,24,26);2*1H. The van der Waals surface area contributed by atoms with Crippen LogP contribution in [0.15, 0.2) is 29.6 Å². The second-order valence-electron chi connectivity index (χ2n) is 8.65. The van der Waals surface area contributed by atoms with E-state index < -0.39 is 0 Å². The summed E-state index contributed by atoms with van der Waals surface area (Å²) in [6.07, 6.45) is 8.08. The van der Waals surface area contributed by atoms with Gasteiger partial charge in [0.25, 0.3) is 5.91 Å². The van der Waals surface area contributed by atoms with Crippen molar-refractivity contribution in [2.45, 2.75) is 50.6 Å². The van der Waals surface area contributed by atoms with Gasteiger partial charge in [0.05, 0.1) is 11.4 Å². The van der Waals surface area contributed by atoms with E-state index >= 15 is 0 Å². The number of hydrogen-bond donors (Lipinski definition) is 3. The molecule has 2 aromatic rings. The van der Waals surface area contributed by atoms with Gasteiger partial charge in [-0.3, -0.25) is 4.79 Å². The highest BCUT2D eigenvalue weighted by atomic mass is 35.5. The molecule has 1 heterocycles. The predicted molar refractivity (Wildman–Crippen MR) is 123 cm³/mol. The van der Waals surface area contributed by atoms with E-state index in [1.807, 2.05) is 18.2 Å². The third kappa shape index (κ3) is 4.41. The number of anilines is 2. The van der Waals surface area contributed by atoms with E-state index in [9.17, 15) is 4.79 Å². The van der Waals surface area contributed by atoms with Crippen LogP contribution < -0.4 is 16.4 Å². The van der Waals surface area contributed by atoms with Gasteiger partial charge in [0.15, 0.2) is 0 Å². The first-order valence-electron chi connectivity index (χ1n) is 9.95. The van der Waals surface area contributed by atoms with E-state index in [0.29, 0.717) is 12.2 Å². The van der Waals surface area contributed by atoms with Gasteiger partial charge in [0, 0.05) is 17.5 Å². The minimum absolute atomic E-state index is 0. The third-order valence-electron chi connectivity index (χ3n) is 6.57. The first kappa shape index (κ1) is 22.3. The van der Waals surface area contributed by atoms with Crippen LogP contribution in [0.3, 0.4) is 0 Å². The molecule has 0 atom stereocenters. The number of nitrogens with zero attached hydrogens (tertiary/aromatic N) is 1. The maximum Gasteiger partial charge on any atom is 0.275 e. The quantitative estimate of drug-likeness (QED) is 0.588. The molecule has 5 nitrogen and oxygen atoms in total. The molecule has 1 aromatic heterocycles. The zero-order chi connectivity index (χ0) is 18.4. The van der Waals surface area contributed by atoms with Gasteiger partial charge in [-0.1, -0.05) is 12.1 Å². The molecular formula is C21H28Cl2N4OS. The number of nitrogens with two attached hydrogens (primary N) is 1. The summed E-state index contributed by atoms with van der Waals surface area (Å²) >= 11 is 1.42. The Balaban J connectivity index is 0.00000120. The molecule has 0 saturated heterocycles. The molecule has 4 N–H and O–H groups in total. The Labute approximate surface area is 188 Å². The van der Waals surface area contributed by atoms with E-state index in [1.54, 1.807) is 5.38 Å². The van der Waals surface area contributed by atoms with Gasteiger partial charge in [0.2, 0.25) is 0 Å². The largest absolute Gasteiger partial charge is 0.378 e. The number of hydrogen-bond acceptors (Lipinski definition) is 5. The molecule has 1 amide bonds. The molecule has 0 radical (unpaired) electrons. The van der Waals surface area contributed by atoms with Crippen LogP contribution in [0.2, 0.25) is 0 Å². The number of amides is 1. The first-order valence-corrected chi connectivity index (χ1v) is 10.8. The molecule has 4 aliphatic rings. The lowest BCUT2D eigenvalue weighted by molar-refractivity contribution is 0.0107. The number of benzene rings is 1. The second kappa shape index (κ2) is 8.80. The van der Waals surface area contributed by atoms with Gasteiger partial charge in [-0.05, 0) is 68.4 Å². The normalized spacial score (nSPS) is 28.9. The highest BCUT2D eigenvalue weighted by Gasteiger charge is 2.51. The van der Waals surface area contributed by atoms with Gasteiger partial charge < -0.3 is 16.4 Å². The molecule has 1 aromatic carbocycles. The van der Waals surface area contributed by atoms with Gasteiger partial charge in [-0.25, -0.2) is 4.98 Å². The Bertz CT molecular complexity index is 837. The predicted octanol–water partition coefficient (Wildman–Crippen LogP) is 5.08. The van der Waals surface area contributed by atoms with Crippen molar-refractivity contribution in [2.75, 3.05) is 10.6 Å². The Morgan fingerprint density at radius 3 is 2.21 bits per heavy atom. The number of thiazole rings is 1. The number of para-hydroxylation sites is 2. The number of aromatic nitrogens is 1. The Morgan fingerprint density at radius 2 is 1.66 bits per heavy atom. The van der Waals surface area contributed by atoms with Crippen molar-refractivity contribution in [2.24, 2.45) is 23.5 Å². The zero-order valence-corrected chi connectivity index (χ0v) is 18.7. The van der Waals surface area contributed by atoms with Crippen molar-refractivity contribution >= 4 is 53.4 Å². The molecule has 8 heteroatoms. The Hall–Kier alpha value is -1.34. The molecular weight excluding hydrogens is 427 g/mol. The fraction of sp³-hybridized carbons (Fsp3) is 0.524. The summed E-state index contributed by atoms with van der Waals surface area (Å²) in [6.45, 7) is 0.363. The lowest BCUT2D eigenvalue weighted by atomic mass is 9.53. The van der Waals surface area contributed by atoms with Gasteiger partial charge in [-0.2, -0.15) is 0 Å². The molecule has 158 valence electrons. The van der Waals surface area contributed by atoms with Crippen LogP contribution in [0.1, 0.15) is 54.0 Å². The van der Waals surface area contributed by atoms with Crippen LogP contribution in [0.4, 0.5) is 11.4 Å². The van der Waals surface area contributed by atoms with Gasteiger partial charge in [-0.15, -0.1) is 36.2 Å². The van der Waals surface area contributed by atoms with Crippen molar-refractivity contribution in [3.63, 3.8) is 0 Å². The maximum absolute atomic E-state index is 12.6. The number of carbonyl (C=O) groups excluding carboxylic acids is 1. The summed E-state index contributed by atoms with van der Waals surface area (Å²) < 4.78 is 0. The van der Waals surface area contributed by atoms with Crippen LogP contribution >= 0.6 is 36.2 Å². The fourth-order valence-electron chi connectivity index (χ4n) is 5.95. The van der Waals surface area contributed by atoms with Crippen LogP contribution in [-0.2, 0) is 6.54 Å². The summed E-state index contributed by atoms with van der Waals surface area (Å²) in [5.41, 5.74) is 8.12. The summed E-state index contributed by atoms with van der Waals surface area (Å²) in [5, 5.41) is 9.47. The van der Waals surface area contributed by atoms with E-state index in [4.69, 9.17) is 5.73 Å². The maximum atomic E-state index is 12.6. The minimum atomic E-state index is -0.175. The SMILES string of the molecule is Cl.Cl.NCc1nc(C(=O)Nc2ccccc2NC23CC4CC(CC(C4)C2)C3)cs1. The van der Waals surface area contributed by atoms with Crippen molar-refractivity contribution in [3.05, 3.63) is 40.3 Å². The lowest BCUT2D eigenvalue weighted by Gasteiger charge is -2.57. The van der Waals surface area contributed by atoms with Crippen molar-refractivity contribution in [1.29, 1.82) is 0 Å². The van der Waals surface area contributed by atoms with Crippen LogP contribution in [-0.4, -0.2) is 16.4 Å². The molecule has 6 rings (SSSR count). The van der Waals surface area contributed by atoms with E-state index in [1.165, 1.54) is 49.9 Å². The van der Waals surface area contributed by atoms with Gasteiger partial charge >= 0.3 is 0 Å². The Morgan fingerprint density at radius 1 is 1.07 bits per heavy atom. The van der Waals surface area contributed by atoms with Crippen LogP contribution in [0, 0.1) is 17.8 Å². The third-order valence-corrected chi connectivity index (χ3v) is 7.44. The number of nitrogens with one attached hydrogen (secondary N) is 2. The Kier molecular flexibility index (Phi) is 6.78. The summed E-state index contributed by atoms with van der Waals surface area (Å²) in [6, 6.07) is 8.05. The van der Waals surface area contributed by atoms with Crippen molar-refractivity contribution < 1.29 is 4.79 Å². The molecule has 29 heavy (non-hydrogen) atoms. The van der Waals surface area contributed by atoms with Crippen molar-refractivity contribution in [3.8, 4) is 0 Å². The average Bonchev–Trinajstić information content (AvgIpc) is 3.11. The van der Waals surface area contributed by atoms with E-state index in [0.717, 1.165) is 34.1 Å². The smallest absolute Gasteiger partial charge is 0.275 e. The lowest BCUT2D eigenvalue weighted by Crippen LogP contribution is -2.54. The van der Waals surface area contributed by atoms with E-state index in [2.05, 4.69) is 21.7 Å². The van der Waals surface area contributed by atoms with Crippen molar-refractivity contribution in [1.82, 2.24) is 4.98 Å². The van der Waals surface area contributed by atoms with Gasteiger partial charge in [0.1, 0.15) is 10.7 Å². The molecule has 4 bridgehead atoms. The molecule has 4 saturated carbocycles. The molecule has 4 fully saturated rings. The number of rotatable bonds is 5. The van der Waals surface area contributed by atoms with Crippen LogP contribution in [0.5, 0.6) is 0 Å². The first-order chi connectivity index (χ1) is 13.1. The molecule has 0 aliphatic heterocycles. The number of carbonyl (C=O) groups is 1. The summed E-state index contributed by atoms with van der Waals surface area (Å²) in [7, 11) is 0. The molecule has 4 aliphatic carbocycles. The molecule has 0 spiro atoms. The van der Waals surface area contributed by atoms with Crippen LogP contribution in [0.25, 0.3) is 0 Å². The average molecular weight is 455 g/mol. The highest BCUT2D eigenvalue weighted by Crippen LogP contribution is 2.56. The minimum Gasteiger partial charge on any atom is -0.378 e. The summed E-state index contributed by atoms with van der Waals surface area (Å²) in [5.74, 6) is 2.48. The monoisotopic (exact) mass is 454 g/mol. The van der Waals surface area contributed by atoms with E-state index in [-0.39, 0.29) is 36.3 Å².